The van der Waals surface area contributed by atoms with Crippen molar-refractivity contribution in [1.82, 2.24) is 20.3 Å². The van der Waals surface area contributed by atoms with Gasteiger partial charge in [0, 0.05) is 31.2 Å². The van der Waals surface area contributed by atoms with E-state index in [4.69, 9.17) is 4.74 Å². The summed E-state index contributed by atoms with van der Waals surface area (Å²) in [6.45, 7) is 4.26. The van der Waals surface area contributed by atoms with E-state index in [2.05, 4.69) is 20.3 Å². The normalized spacial score (nSPS) is 10.3. The highest BCUT2D eigenvalue weighted by Crippen LogP contribution is 2.09. The van der Waals surface area contributed by atoms with Crippen molar-refractivity contribution in [3.05, 3.63) is 48.2 Å². The van der Waals surface area contributed by atoms with Crippen LogP contribution < -0.4 is 10.1 Å². The summed E-state index contributed by atoms with van der Waals surface area (Å²) in [4.78, 5) is 23.7. The van der Waals surface area contributed by atoms with Crippen LogP contribution in [0.5, 0.6) is 5.88 Å². The lowest BCUT2D eigenvalue weighted by Crippen LogP contribution is -2.23. The number of carbonyl (C=O) groups excluding carboxylic acids is 1. The lowest BCUT2D eigenvalue weighted by Gasteiger charge is -2.09. The fraction of sp³-hybridized carbons (Fsp3) is 0.286. The number of nitrogens with zero attached hydrogens (tertiary/aromatic N) is 3. The fourth-order valence-corrected chi connectivity index (χ4v) is 1.52. The molecular formula is C14H16N4O2. The second kappa shape index (κ2) is 6.60. The van der Waals surface area contributed by atoms with Crippen molar-refractivity contribution in [2.24, 2.45) is 0 Å². The Kier molecular flexibility index (Phi) is 4.60. The summed E-state index contributed by atoms with van der Waals surface area (Å²) in [6, 6.07) is 3.64. The van der Waals surface area contributed by atoms with Gasteiger partial charge in [-0.05, 0) is 19.4 Å². The van der Waals surface area contributed by atoms with E-state index in [1.807, 2.05) is 19.9 Å². The summed E-state index contributed by atoms with van der Waals surface area (Å²) in [6.07, 6.45) is 6.19. The Bertz CT molecular complexity index is 555. The SMILES string of the molecule is CC(C)Oc1ccc(CNC(=O)c2cnccn2)cn1. The van der Waals surface area contributed by atoms with E-state index in [0.29, 0.717) is 18.1 Å². The molecule has 0 aliphatic carbocycles. The van der Waals surface area contributed by atoms with Gasteiger partial charge in [0.1, 0.15) is 5.69 Å². The molecule has 0 spiro atoms. The molecular weight excluding hydrogens is 256 g/mol. The molecule has 0 aliphatic rings. The van der Waals surface area contributed by atoms with Gasteiger partial charge < -0.3 is 10.1 Å². The maximum absolute atomic E-state index is 11.8. The number of rotatable bonds is 5. The molecule has 2 heterocycles. The quantitative estimate of drug-likeness (QED) is 0.894. The first-order chi connectivity index (χ1) is 9.65. The van der Waals surface area contributed by atoms with E-state index >= 15 is 0 Å². The number of nitrogens with one attached hydrogen (secondary N) is 1. The molecule has 0 aromatic carbocycles. The lowest BCUT2D eigenvalue weighted by molar-refractivity contribution is 0.0945. The highest BCUT2D eigenvalue weighted by Gasteiger charge is 2.06. The van der Waals surface area contributed by atoms with Crippen molar-refractivity contribution in [1.29, 1.82) is 0 Å². The molecule has 0 bridgehead atoms. The minimum absolute atomic E-state index is 0.0877. The van der Waals surface area contributed by atoms with Gasteiger partial charge in [-0.2, -0.15) is 0 Å². The molecule has 2 aromatic rings. The first kappa shape index (κ1) is 13.9. The number of pyridine rings is 1. The largest absolute Gasteiger partial charge is 0.475 e. The molecule has 0 fully saturated rings. The van der Waals surface area contributed by atoms with Crippen molar-refractivity contribution in [3.63, 3.8) is 0 Å². The van der Waals surface area contributed by atoms with Crippen LogP contribution in [0, 0.1) is 0 Å². The lowest BCUT2D eigenvalue weighted by atomic mass is 10.3. The third kappa shape index (κ3) is 4.01. The summed E-state index contributed by atoms with van der Waals surface area (Å²) >= 11 is 0. The first-order valence-electron chi connectivity index (χ1n) is 6.31. The van der Waals surface area contributed by atoms with Gasteiger partial charge in [-0.15, -0.1) is 0 Å². The molecule has 20 heavy (non-hydrogen) atoms. The summed E-state index contributed by atoms with van der Waals surface area (Å²) < 4.78 is 5.45. The second-order valence-electron chi connectivity index (χ2n) is 4.44. The second-order valence-corrected chi connectivity index (χ2v) is 4.44. The Labute approximate surface area is 117 Å². The summed E-state index contributed by atoms with van der Waals surface area (Å²) in [5.74, 6) is 0.310. The molecule has 2 aromatic heterocycles. The van der Waals surface area contributed by atoms with Crippen LogP contribution in [0.3, 0.4) is 0 Å². The van der Waals surface area contributed by atoms with Crippen LogP contribution in [0.2, 0.25) is 0 Å². The number of amides is 1. The van der Waals surface area contributed by atoms with E-state index in [0.717, 1.165) is 5.56 Å². The van der Waals surface area contributed by atoms with E-state index in [1.54, 1.807) is 12.3 Å². The van der Waals surface area contributed by atoms with Gasteiger partial charge in [-0.1, -0.05) is 6.07 Å². The van der Waals surface area contributed by atoms with Crippen molar-refractivity contribution < 1.29 is 9.53 Å². The third-order valence-electron chi connectivity index (χ3n) is 2.40. The van der Waals surface area contributed by atoms with Crippen LogP contribution in [0.4, 0.5) is 0 Å². The maximum atomic E-state index is 11.8. The molecule has 0 saturated carbocycles. The Hall–Kier alpha value is -2.50. The Morgan fingerprint density at radius 2 is 2.10 bits per heavy atom. The zero-order valence-corrected chi connectivity index (χ0v) is 11.4. The third-order valence-corrected chi connectivity index (χ3v) is 2.40. The molecule has 0 saturated heterocycles. The predicted molar refractivity (Wildman–Crippen MR) is 73.2 cm³/mol. The highest BCUT2D eigenvalue weighted by atomic mass is 16.5. The van der Waals surface area contributed by atoms with Crippen molar-refractivity contribution in [2.45, 2.75) is 26.5 Å². The van der Waals surface area contributed by atoms with Gasteiger partial charge >= 0.3 is 0 Å². The Balaban J connectivity index is 1.89. The van der Waals surface area contributed by atoms with Crippen LogP contribution in [0.25, 0.3) is 0 Å². The zero-order chi connectivity index (χ0) is 14.4. The average Bonchev–Trinajstić information content (AvgIpc) is 2.46. The molecule has 0 atom stereocenters. The van der Waals surface area contributed by atoms with E-state index in [-0.39, 0.29) is 12.0 Å². The van der Waals surface area contributed by atoms with Gasteiger partial charge in [-0.3, -0.25) is 9.78 Å². The Morgan fingerprint density at radius 1 is 1.25 bits per heavy atom. The van der Waals surface area contributed by atoms with Crippen molar-refractivity contribution in [3.8, 4) is 5.88 Å². The van der Waals surface area contributed by atoms with Crippen LogP contribution in [-0.4, -0.2) is 27.0 Å². The van der Waals surface area contributed by atoms with Gasteiger partial charge in [0.2, 0.25) is 5.88 Å². The number of hydrogen-bond acceptors (Lipinski definition) is 5. The molecule has 0 unspecified atom stereocenters. The molecule has 6 heteroatoms. The van der Waals surface area contributed by atoms with Gasteiger partial charge in [0.15, 0.2) is 0 Å². The van der Waals surface area contributed by atoms with Crippen LogP contribution in [0.1, 0.15) is 29.9 Å². The fourth-order valence-electron chi connectivity index (χ4n) is 1.52. The smallest absolute Gasteiger partial charge is 0.271 e. The van der Waals surface area contributed by atoms with Crippen LogP contribution in [0.15, 0.2) is 36.9 Å². The van der Waals surface area contributed by atoms with E-state index < -0.39 is 0 Å². The minimum Gasteiger partial charge on any atom is -0.475 e. The minimum atomic E-state index is -0.263. The van der Waals surface area contributed by atoms with Crippen molar-refractivity contribution in [2.75, 3.05) is 0 Å². The summed E-state index contributed by atoms with van der Waals surface area (Å²) in [5, 5.41) is 2.75. The van der Waals surface area contributed by atoms with Crippen molar-refractivity contribution >= 4 is 5.91 Å². The summed E-state index contributed by atoms with van der Waals surface area (Å²) in [7, 11) is 0. The van der Waals surface area contributed by atoms with Crippen LogP contribution >= 0.6 is 0 Å². The van der Waals surface area contributed by atoms with Gasteiger partial charge in [-0.25, -0.2) is 9.97 Å². The summed E-state index contributed by atoms with van der Waals surface area (Å²) in [5.41, 5.74) is 1.18. The van der Waals surface area contributed by atoms with Crippen LogP contribution in [-0.2, 0) is 6.54 Å². The highest BCUT2D eigenvalue weighted by molar-refractivity contribution is 5.91. The topological polar surface area (TPSA) is 77.0 Å². The number of hydrogen-bond donors (Lipinski definition) is 1. The molecule has 1 N–H and O–H groups in total. The zero-order valence-electron chi connectivity index (χ0n) is 11.4. The standard InChI is InChI=1S/C14H16N4O2/c1-10(2)20-13-4-3-11(7-17-13)8-18-14(19)12-9-15-5-6-16-12/h3-7,9-10H,8H2,1-2H3,(H,18,19). The number of aromatic nitrogens is 3. The average molecular weight is 272 g/mol. The monoisotopic (exact) mass is 272 g/mol. The van der Waals surface area contributed by atoms with E-state index in [1.165, 1.54) is 18.6 Å². The number of ether oxygens (including phenoxy) is 1. The maximum Gasteiger partial charge on any atom is 0.271 e. The Morgan fingerprint density at radius 3 is 2.70 bits per heavy atom. The molecule has 1 amide bonds. The van der Waals surface area contributed by atoms with Gasteiger partial charge in [0.25, 0.3) is 5.91 Å². The molecule has 0 aliphatic heterocycles. The molecule has 0 radical (unpaired) electrons. The predicted octanol–water partition coefficient (Wildman–Crippen LogP) is 1.59. The molecule has 6 nitrogen and oxygen atoms in total. The first-order valence-corrected chi connectivity index (χ1v) is 6.31. The number of carbonyl (C=O) groups is 1. The van der Waals surface area contributed by atoms with Gasteiger partial charge in [0.05, 0.1) is 12.3 Å². The molecule has 104 valence electrons. The molecule has 2 rings (SSSR count). The van der Waals surface area contributed by atoms with E-state index in [9.17, 15) is 4.79 Å².